The van der Waals surface area contributed by atoms with Gasteiger partial charge in [0.2, 0.25) is 0 Å². The maximum Gasteiger partial charge on any atom is 0.107 e. The van der Waals surface area contributed by atoms with E-state index in [1.165, 1.54) is 0 Å². The zero-order valence-corrected chi connectivity index (χ0v) is 7.81. The summed E-state index contributed by atoms with van der Waals surface area (Å²) in [6.45, 7) is 0. The second-order valence-corrected chi connectivity index (χ2v) is 5.07. The molecule has 0 aliphatic rings. The van der Waals surface area contributed by atoms with Crippen molar-refractivity contribution in [3.63, 3.8) is 0 Å². The summed E-state index contributed by atoms with van der Waals surface area (Å²) in [6, 6.07) is 0. The Balaban J connectivity index is 2.48. The van der Waals surface area contributed by atoms with E-state index < -0.39 is 0 Å². The van der Waals surface area contributed by atoms with Gasteiger partial charge in [-0.2, -0.15) is 0 Å². The van der Waals surface area contributed by atoms with Crippen LogP contribution in [0.15, 0.2) is 12.4 Å². The van der Waals surface area contributed by atoms with Gasteiger partial charge in [0, 0.05) is 18.8 Å². The quantitative estimate of drug-likeness (QED) is 0.804. The number of halogens is 2. The van der Waals surface area contributed by atoms with Crippen LogP contribution in [-0.4, -0.2) is 13.7 Å². The minimum absolute atomic E-state index is 0.316. The summed E-state index contributed by atoms with van der Waals surface area (Å²) < 4.78 is 0.316. The predicted octanol–water partition coefficient (Wildman–Crippen LogP) is 2.07. The van der Waals surface area contributed by atoms with Crippen LogP contribution < -0.4 is 0 Å². The van der Waals surface area contributed by atoms with Crippen molar-refractivity contribution in [2.45, 2.75) is 10.2 Å². The summed E-state index contributed by atoms with van der Waals surface area (Å²) in [5, 5.41) is 0. The Kier molecular flexibility index (Phi) is 2.72. The van der Waals surface area contributed by atoms with E-state index in [0.29, 0.717) is 3.74 Å². The summed E-state index contributed by atoms with van der Waals surface area (Å²) in [4.78, 5) is 7.04. The standard InChI is InChI=1S/C5H6Br2N2/c6-4(7)3-5-8-1-2-9-5/h1-2,4H,3H2,(H,8,9). The number of aromatic amines is 1. The third-order valence-corrected chi connectivity index (χ3v) is 1.55. The first-order valence-electron chi connectivity index (χ1n) is 2.55. The predicted molar refractivity (Wildman–Crippen MR) is 43.9 cm³/mol. The lowest BCUT2D eigenvalue weighted by atomic mass is 10.5. The monoisotopic (exact) mass is 252 g/mol. The van der Waals surface area contributed by atoms with Crippen LogP contribution in [0.2, 0.25) is 0 Å². The summed E-state index contributed by atoms with van der Waals surface area (Å²) in [5.74, 6) is 0.994. The van der Waals surface area contributed by atoms with Crippen molar-refractivity contribution < 1.29 is 0 Å². The SMILES string of the molecule is BrC(Br)Cc1ncc[nH]1. The van der Waals surface area contributed by atoms with Gasteiger partial charge in [0.05, 0.1) is 3.74 Å². The number of alkyl halides is 2. The molecular weight excluding hydrogens is 248 g/mol. The Morgan fingerprint density at radius 1 is 1.67 bits per heavy atom. The summed E-state index contributed by atoms with van der Waals surface area (Å²) in [5.41, 5.74) is 0. The van der Waals surface area contributed by atoms with Gasteiger partial charge in [-0.3, -0.25) is 0 Å². The van der Waals surface area contributed by atoms with E-state index in [2.05, 4.69) is 41.8 Å². The van der Waals surface area contributed by atoms with Crippen molar-refractivity contribution in [3.05, 3.63) is 18.2 Å². The Bertz CT molecular complexity index is 159. The molecule has 0 radical (unpaired) electrons. The van der Waals surface area contributed by atoms with Crippen molar-refractivity contribution in [2.24, 2.45) is 0 Å². The number of hydrogen-bond donors (Lipinski definition) is 1. The van der Waals surface area contributed by atoms with Crippen LogP contribution in [0.5, 0.6) is 0 Å². The second-order valence-electron chi connectivity index (χ2n) is 1.63. The number of nitrogens with zero attached hydrogens (tertiary/aromatic N) is 1. The molecule has 2 nitrogen and oxygen atoms in total. The fourth-order valence-corrected chi connectivity index (χ4v) is 1.17. The molecule has 1 aromatic heterocycles. The van der Waals surface area contributed by atoms with Gasteiger partial charge in [0.15, 0.2) is 0 Å². The number of imidazole rings is 1. The van der Waals surface area contributed by atoms with Crippen LogP contribution in [0.4, 0.5) is 0 Å². The molecule has 1 rings (SSSR count). The third kappa shape index (κ3) is 2.49. The van der Waals surface area contributed by atoms with E-state index in [1.54, 1.807) is 6.20 Å². The minimum Gasteiger partial charge on any atom is -0.349 e. The minimum atomic E-state index is 0.316. The van der Waals surface area contributed by atoms with E-state index in [4.69, 9.17) is 0 Å². The maximum absolute atomic E-state index is 4.04. The number of aromatic nitrogens is 2. The number of rotatable bonds is 2. The smallest absolute Gasteiger partial charge is 0.107 e. The third-order valence-electron chi connectivity index (χ3n) is 0.903. The first kappa shape index (κ1) is 7.28. The van der Waals surface area contributed by atoms with E-state index in [-0.39, 0.29) is 0 Å². The van der Waals surface area contributed by atoms with Crippen LogP contribution >= 0.6 is 31.9 Å². The van der Waals surface area contributed by atoms with Crippen LogP contribution in [-0.2, 0) is 6.42 Å². The van der Waals surface area contributed by atoms with Gasteiger partial charge in [0.25, 0.3) is 0 Å². The van der Waals surface area contributed by atoms with Crippen LogP contribution in [0.1, 0.15) is 5.82 Å². The van der Waals surface area contributed by atoms with Gasteiger partial charge < -0.3 is 4.98 Å². The van der Waals surface area contributed by atoms with Crippen molar-refractivity contribution in [2.75, 3.05) is 0 Å². The topological polar surface area (TPSA) is 28.7 Å². The highest BCUT2D eigenvalue weighted by Crippen LogP contribution is 2.11. The molecule has 0 saturated heterocycles. The van der Waals surface area contributed by atoms with E-state index >= 15 is 0 Å². The second kappa shape index (κ2) is 3.37. The van der Waals surface area contributed by atoms with Gasteiger partial charge in [-0.15, -0.1) is 0 Å². The fourth-order valence-electron chi connectivity index (χ4n) is 0.556. The van der Waals surface area contributed by atoms with Gasteiger partial charge in [-0.05, 0) is 0 Å². The summed E-state index contributed by atoms with van der Waals surface area (Å²) in [6.07, 6.45) is 4.45. The Labute approximate surface area is 70.3 Å². The molecule has 0 atom stereocenters. The molecule has 0 amide bonds. The van der Waals surface area contributed by atoms with Gasteiger partial charge in [-0.25, -0.2) is 4.98 Å². The zero-order valence-electron chi connectivity index (χ0n) is 4.64. The fraction of sp³-hybridized carbons (Fsp3) is 0.400. The summed E-state index contributed by atoms with van der Waals surface area (Å²) in [7, 11) is 0. The summed E-state index contributed by atoms with van der Waals surface area (Å²) >= 11 is 6.70. The number of nitrogens with one attached hydrogen (secondary N) is 1. The van der Waals surface area contributed by atoms with Crippen molar-refractivity contribution in [3.8, 4) is 0 Å². The van der Waals surface area contributed by atoms with Crippen LogP contribution in [0.25, 0.3) is 0 Å². The van der Waals surface area contributed by atoms with Crippen LogP contribution in [0.3, 0.4) is 0 Å². The molecule has 4 heteroatoms. The molecule has 9 heavy (non-hydrogen) atoms. The molecular formula is C5H6Br2N2. The normalized spacial score (nSPS) is 10.6. The number of H-pyrrole nitrogens is 1. The van der Waals surface area contributed by atoms with E-state index in [1.807, 2.05) is 6.20 Å². The molecule has 0 saturated carbocycles. The van der Waals surface area contributed by atoms with E-state index in [9.17, 15) is 0 Å². The first-order valence-corrected chi connectivity index (χ1v) is 4.38. The Morgan fingerprint density at radius 3 is 2.89 bits per heavy atom. The molecule has 0 unspecified atom stereocenters. The highest BCUT2D eigenvalue weighted by atomic mass is 79.9. The molecule has 1 N–H and O–H groups in total. The average Bonchev–Trinajstić information content (AvgIpc) is 2.15. The molecule has 0 spiro atoms. The molecule has 0 aromatic carbocycles. The first-order chi connectivity index (χ1) is 4.29. The van der Waals surface area contributed by atoms with Gasteiger partial charge in [-0.1, -0.05) is 31.9 Å². The largest absolute Gasteiger partial charge is 0.349 e. The molecule has 0 aliphatic heterocycles. The maximum atomic E-state index is 4.04. The van der Waals surface area contributed by atoms with Crippen molar-refractivity contribution >= 4 is 31.9 Å². The lowest BCUT2D eigenvalue weighted by Crippen LogP contribution is -1.94. The van der Waals surface area contributed by atoms with E-state index in [0.717, 1.165) is 12.2 Å². The van der Waals surface area contributed by atoms with Gasteiger partial charge in [0.1, 0.15) is 5.82 Å². The Hall–Kier alpha value is 0.170. The molecule has 50 valence electrons. The molecule has 0 fully saturated rings. The lowest BCUT2D eigenvalue weighted by molar-refractivity contribution is 0.986. The zero-order chi connectivity index (χ0) is 6.69. The number of hydrogen-bond acceptors (Lipinski definition) is 1. The molecule has 1 aromatic rings. The highest BCUT2D eigenvalue weighted by molar-refractivity contribution is 9.24. The Morgan fingerprint density at radius 2 is 2.44 bits per heavy atom. The van der Waals surface area contributed by atoms with Crippen LogP contribution in [0, 0.1) is 0 Å². The lowest BCUT2D eigenvalue weighted by Gasteiger charge is -1.94. The van der Waals surface area contributed by atoms with Crippen molar-refractivity contribution in [1.29, 1.82) is 0 Å². The molecule has 0 bridgehead atoms. The molecule has 1 heterocycles. The van der Waals surface area contributed by atoms with Crippen molar-refractivity contribution in [1.82, 2.24) is 9.97 Å². The highest BCUT2D eigenvalue weighted by Gasteiger charge is 2.00. The molecule has 0 aliphatic carbocycles. The van der Waals surface area contributed by atoms with Gasteiger partial charge >= 0.3 is 0 Å². The average molecular weight is 254 g/mol.